The fourth-order valence-electron chi connectivity index (χ4n) is 1.92. The van der Waals surface area contributed by atoms with E-state index in [9.17, 15) is 4.39 Å². The van der Waals surface area contributed by atoms with Crippen LogP contribution in [0.4, 0.5) is 4.39 Å². The van der Waals surface area contributed by atoms with Gasteiger partial charge in [-0.25, -0.2) is 4.39 Å². The molecule has 0 aliphatic carbocycles. The van der Waals surface area contributed by atoms with Crippen LogP contribution in [0.2, 0.25) is 0 Å². The van der Waals surface area contributed by atoms with Crippen molar-refractivity contribution in [3.05, 3.63) is 69.4 Å². The molecule has 0 saturated carbocycles. The van der Waals surface area contributed by atoms with E-state index in [2.05, 4.69) is 21.2 Å². The van der Waals surface area contributed by atoms with Gasteiger partial charge in [0.05, 0.1) is 11.6 Å². The van der Waals surface area contributed by atoms with Crippen LogP contribution >= 0.6 is 15.9 Å². The highest BCUT2D eigenvalue weighted by Crippen LogP contribution is 2.19. The Bertz CT molecular complexity index is 649. The number of nitrogens with zero attached hydrogens (tertiary/aromatic N) is 1. The first kappa shape index (κ1) is 14.7. The van der Waals surface area contributed by atoms with Crippen LogP contribution in [0.5, 0.6) is 0 Å². The van der Waals surface area contributed by atoms with Gasteiger partial charge in [-0.3, -0.25) is 0 Å². The molecule has 0 spiro atoms. The summed E-state index contributed by atoms with van der Waals surface area (Å²) in [6, 6.07) is 14.6. The molecular formula is C16H14BrFN2. The first-order valence-corrected chi connectivity index (χ1v) is 7.07. The molecule has 0 bridgehead atoms. The zero-order valence-corrected chi connectivity index (χ0v) is 12.6. The average Bonchev–Trinajstić information content (AvgIpc) is 2.45. The number of nitrogens with one attached hydrogen (secondary N) is 1. The summed E-state index contributed by atoms with van der Waals surface area (Å²) in [7, 11) is 0. The Balaban J connectivity index is 2.04. The minimum absolute atomic E-state index is 0.113. The second-order valence-electron chi connectivity index (χ2n) is 4.58. The minimum Gasteiger partial charge on any atom is -0.306 e. The maximum atomic E-state index is 13.8. The van der Waals surface area contributed by atoms with Crippen molar-refractivity contribution in [2.24, 2.45) is 0 Å². The number of halogens is 2. The third kappa shape index (κ3) is 3.66. The molecule has 102 valence electrons. The smallest absolute Gasteiger partial charge is 0.129 e. The molecule has 0 fully saturated rings. The molecule has 2 aromatic carbocycles. The fraction of sp³-hybridized carbons (Fsp3) is 0.188. The quantitative estimate of drug-likeness (QED) is 0.905. The topological polar surface area (TPSA) is 35.8 Å². The van der Waals surface area contributed by atoms with Gasteiger partial charge in [-0.15, -0.1) is 0 Å². The van der Waals surface area contributed by atoms with E-state index in [0.29, 0.717) is 17.7 Å². The van der Waals surface area contributed by atoms with E-state index in [0.717, 1.165) is 10.0 Å². The van der Waals surface area contributed by atoms with Crippen LogP contribution in [0.25, 0.3) is 0 Å². The molecule has 0 unspecified atom stereocenters. The normalized spacial score (nSPS) is 11.9. The Morgan fingerprint density at radius 2 is 2.10 bits per heavy atom. The summed E-state index contributed by atoms with van der Waals surface area (Å²) >= 11 is 3.44. The van der Waals surface area contributed by atoms with Gasteiger partial charge in [0.25, 0.3) is 0 Å². The van der Waals surface area contributed by atoms with E-state index in [1.807, 2.05) is 37.3 Å². The molecule has 1 N–H and O–H groups in total. The van der Waals surface area contributed by atoms with Crippen LogP contribution in [0.3, 0.4) is 0 Å². The van der Waals surface area contributed by atoms with Gasteiger partial charge in [0, 0.05) is 22.6 Å². The summed E-state index contributed by atoms with van der Waals surface area (Å²) in [6.45, 7) is 2.45. The Labute approximate surface area is 126 Å². The second kappa shape index (κ2) is 6.65. The van der Waals surface area contributed by atoms with Gasteiger partial charge < -0.3 is 5.32 Å². The molecule has 0 amide bonds. The second-order valence-corrected chi connectivity index (χ2v) is 5.49. The number of nitriles is 1. The van der Waals surface area contributed by atoms with Crippen molar-refractivity contribution < 1.29 is 4.39 Å². The average molecular weight is 333 g/mol. The summed E-state index contributed by atoms with van der Waals surface area (Å²) in [5.74, 6) is -0.349. The first-order valence-electron chi connectivity index (χ1n) is 6.27. The molecule has 0 aromatic heterocycles. The lowest BCUT2D eigenvalue weighted by atomic mass is 10.1. The van der Waals surface area contributed by atoms with Crippen LogP contribution in [0.1, 0.15) is 29.7 Å². The lowest BCUT2D eigenvalue weighted by Gasteiger charge is -2.15. The van der Waals surface area contributed by atoms with Gasteiger partial charge >= 0.3 is 0 Å². The van der Waals surface area contributed by atoms with E-state index in [-0.39, 0.29) is 11.9 Å². The molecule has 0 heterocycles. The van der Waals surface area contributed by atoms with Crippen LogP contribution < -0.4 is 5.32 Å². The molecule has 20 heavy (non-hydrogen) atoms. The molecule has 0 aliphatic heterocycles. The Morgan fingerprint density at radius 3 is 2.75 bits per heavy atom. The summed E-state index contributed by atoms with van der Waals surface area (Å²) in [6.07, 6.45) is 0. The van der Waals surface area contributed by atoms with Gasteiger partial charge in [-0.05, 0) is 36.8 Å². The van der Waals surface area contributed by atoms with Crippen LogP contribution in [-0.4, -0.2) is 0 Å². The maximum Gasteiger partial charge on any atom is 0.129 e. The van der Waals surface area contributed by atoms with Gasteiger partial charge in [0.15, 0.2) is 0 Å². The zero-order chi connectivity index (χ0) is 14.5. The van der Waals surface area contributed by atoms with Crippen molar-refractivity contribution in [2.45, 2.75) is 19.5 Å². The predicted molar refractivity (Wildman–Crippen MR) is 80.5 cm³/mol. The molecule has 1 atom stereocenters. The third-order valence-corrected chi connectivity index (χ3v) is 3.62. The lowest BCUT2D eigenvalue weighted by Crippen LogP contribution is -2.18. The molecule has 2 rings (SSSR count). The molecule has 2 nitrogen and oxygen atoms in total. The summed E-state index contributed by atoms with van der Waals surface area (Å²) in [4.78, 5) is 0. The lowest BCUT2D eigenvalue weighted by molar-refractivity contribution is 0.544. The van der Waals surface area contributed by atoms with Crippen LogP contribution in [-0.2, 0) is 6.54 Å². The van der Waals surface area contributed by atoms with Gasteiger partial charge in [0.1, 0.15) is 5.82 Å². The van der Waals surface area contributed by atoms with Gasteiger partial charge in [0.2, 0.25) is 0 Å². The number of benzene rings is 2. The predicted octanol–water partition coefficient (Wildman–Crippen LogP) is 4.31. The summed E-state index contributed by atoms with van der Waals surface area (Å²) in [5, 5.41) is 12.0. The molecular weight excluding hydrogens is 319 g/mol. The molecule has 0 saturated heterocycles. The highest BCUT2D eigenvalue weighted by atomic mass is 79.9. The largest absolute Gasteiger partial charge is 0.306 e. The Hall–Kier alpha value is -1.70. The van der Waals surface area contributed by atoms with Crippen molar-refractivity contribution in [2.75, 3.05) is 0 Å². The first-order chi connectivity index (χ1) is 9.60. The molecule has 2 aromatic rings. The SMILES string of the molecule is C[C@@H](NCc1ccc(C#N)cc1F)c1cccc(Br)c1. The van der Waals surface area contributed by atoms with E-state index in [1.165, 1.54) is 6.07 Å². The molecule has 0 radical (unpaired) electrons. The standard InChI is InChI=1S/C16H14BrFN2/c1-11(13-3-2-4-15(17)8-13)20-10-14-6-5-12(9-19)7-16(14)18/h2-8,11,20H,10H2,1H3/t11-/m1/s1. The Morgan fingerprint density at radius 1 is 1.30 bits per heavy atom. The van der Waals surface area contributed by atoms with Crippen molar-refractivity contribution in [3.63, 3.8) is 0 Å². The number of hydrogen-bond acceptors (Lipinski definition) is 2. The van der Waals surface area contributed by atoms with Gasteiger partial charge in [-0.1, -0.05) is 34.1 Å². The summed E-state index contributed by atoms with van der Waals surface area (Å²) in [5.41, 5.74) is 2.03. The monoisotopic (exact) mass is 332 g/mol. The zero-order valence-electron chi connectivity index (χ0n) is 11.0. The minimum atomic E-state index is -0.349. The van der Waals surface area contributed by atoms with E-state index in [4.69, 9.17) is 5.26 Å². The van der Waals surface area contributed by atoms with Crippen LogP contribution in [0.15, 0.2) is 46.9 Å². The highest BCUT2D eigenvalue weighted by molar-refractivity contribution is 9.10. The van der Waals surface area contributed by atoms with E-state index in [1.54, 1.807) is 12.1 Å². The van der Waals surface area contributed by atoms with Crippen molar-refractivity contribution >= 4 is 15.9 Å². The summed E-state index contributed by atoms with van der Waals surface area (Å²) < 4.78 is 14.8. The van der Waals surface area contributed by atoms with E-state index < -0.39 is 0 Å². The third-order valence-electron chi connectivity index (χ3n) is 3.13. The number of hydrogen-bond donors (Lipinski definition) is 1. The van der Waals surface area contributed by atoms with Crippen molar-refractivity contribution in [1.29, 1.82) is 5.26 Å². The van der Waals surface area contributed by atoms with Crippen LogP contribution in [0, 0.1) is 17.1 Å². The van der Waals surface area contributed by atoms with E-state index >= 15 is 0 Å². The maximum absolute atomic E-state index is 13.8. The van der Waals surface area contributed by atoms with Gasteiger partial charge in [-0.2, -0.15) is 5.26 Å². The Kier molecular flexibility index (Phi) is 4.89. The fourth-order valence-corrected chi connectivity index (χ4v) is 2.33. The highest BCUT2D eigenvalue weighted by Gasteiger charge is 2.08. The number of rotatable bonds is 4. The van der Waals surface area contributed by atoms with Crippen molar-refractivity contribution in [3.8, 4) is 6.07 Å². The van der Waals surface area contributed by atoms with Crippen molar-refractivity contribution in [1.82, 2.24) is 5.32 Å². The molecule has 0 aliphatic rings. The molecule has 4 heteroatoms.